The third kappa shape index (κ3) is 6.43. The minimum absolute atomic E-state index is 0.0154. The molecule has 1 aromatic carbocycles. The number of aryl methyl sites for hydroxylation is 1. The Morgan fingerprint density at radius 3 is 2.95 bits per heavy atom. The minimum atomic E-state index is -0.184. The Labute approximate surface area is 120 Å². The molecule has 0 aliphatic carbocycles. The molecule has 0 aliphatic rings. The van der Waals surface area contributed by atoms with E-state index in [-0.39, 0.29) is 18.7 Å². The monoisotopic (exact) mass is 280 g/mol. The van der Waals surface area contributed by atoms with Gasteiger partial charge in [-0.2, -0.15) is 0 Å². The molecule has 0 spiro atoms. The SMILES string of the molecule is COc1cccc(CCCNC(=O)N[C@H](C)CCO)c1. The van der Waals surface area contributed by atoms with Gasteiger partial charge in [0.2, 0.25) is 0 Å². The van der Waals surface area contributed by atoms with Gasteiger partial charge < -0.3 is 20.5 Å². The van der Waals surface area contributed by atoms with E-state index in [2.05, 4.69) is 10.6 Å². The standard InChI is InChI=1S/C15H24N2O3/c1-12(8-10-18)17-15(19)16-9-4-6-13-5-3-7-14(11-13)20-2/h3,5,7,11-12,18H,4,6,8-10H2,1-2H3,(H2,16,17,19)/t12-/m1/s1. The van der Waals surface area contributed by atoms with Crippen LogP contribution in [-0.2, 0) is 6.42 Å². The molecule has 0 unspecified atom stereocenters. The maximum Gasteiger partial charge on any atom is 0.314 e. The summed E-state index contributed by atoms with van der Waals surface area (Å²) < 4.78 is 5.17. The summed E-state index contributed by atoms with van der Waals surface area (Å²) in [4.78, 5) is 11.5. The Morgan fingerprint density at radius 1 is 1.45 bits per heavy atom. The average Bonchev–Trinajstić information content (AvgIpc) is 2.44. The van der Waals surface area contributed by atoms with E-state index >= 15 is 0 Å². The van der Waals surface area contributed by atoms with Gasteiger partial charge in [0.05, 0.1) is 7.11 Å². The van der Waals surface area contributed by atoms with Crippen LogP contribution in [0.1, 0.15) is 25.3 Å². The number of amides is 2. The molecule has 2 amide bonds. The molecule has 1 atom stereocenters. The van der Waals surface area contributed by atoms with E-state index in [1.165, 1.54) is 5.56 Å². The fourth-order valence-corrected chi connectivity index (χ4v) is 1.86. The molecule has 0 bridgehead atoms. The van der Waals surface area contributed by atoms with Gasteiger partial charge in [0.25, 0.3) is 0 Å². The van der Waals surface area contributed by atoms with Crippen molar-refractivity contribution in [1.29, 1.82) is 0 Å². The van der Waals surface area contributed by atoms with Crippen LogP contribution in [0.4, 0.5) is 4.79 Å². The van der Waals surface area contributed by atoms with Crippen molar-refractivity contribution >= 4 is 6.03 Å². The summed E-state index contributed by atoms with van der Waals surface area (Å²) in [6, 6.07) is 7.73. The second kappa shape index (κ2) is 9.20. The van der Waals surface area contributed by atoms with Crippen LogP contribution >= 0.6 is 0 Å². The number of aliphatic hydroxyl groups is 1. The van der Waals surface area contributed by atoms with Gasteiger partial charge in [0, 0.05) is 19.2 Å². The van der Waals surface area contributed by atoms with Crippen LogP contribution in [0.15, 0.2) is 24.3 Å². The maximum absolute atomic E-state index is 11.5. The van der Waals surface area contributed by atoms with Gasteiger partial charge in [-0.1, -0.05) is 12.1 Å². The van der Waals surface area contributed by atoms with E-state index in [1.807, 2.05) is 31.2 Å². The molecule has 0 heterocycles. The van der Waals surface area contributed by atoms with E-state index in [0.29, 0.717) is 13.0 Å². The molecular formula is C15H24N2O3. The molecule has 1 aromatic rings. The molecule has 0 saturated carbocycles. The van der Waals surface area contributed by atoms with Crippen molar-refractivity contribution in [1.82, 2.24) is 10.6 Å². The number of methoxy groups -OCH3 is 1. The Morgan fingerprint density at radius 2 is 2.25 bits per heavy atom. The highest BCUT2D eigenvalue weighted by Gasteiger charge is 2.05. The molecule has 0 aromatic heterocycles. The van der Waals surface area contributed by atoms with Crippen molar-refractivity contribution in [3.63, 3.8) is 0 Å². The summed E-state index contributed by atoms with van der Waals surface area (Å²) in [7, 11) is 1.65. The van der Waals surface area contributed by atoms with Crippen LogP contribution in [0.3, 0.4) is 0 Å². The van der Waals surface area contributed by atoms with Gasteiger partial charge in [0.15, 0.2) is 0 Å². The first kappa shape index (κ1) is 16.3. The first-order chi connectivity index (χ1) is 9.65. The van der Waals surface area contributed by atoms with Crippen molar-refractivity contribution in [3.8, 4) is 5.75 Å². The Balaban J connectivity index is 2.19. The van der Waals surface area contributed by atoms with Crippen LogP contribution in [0.5, 0.6) is 5.75 Å². The Kier molecular flexibility index (Phi) is 7.50. The summed E-state index contributed by atoms with van der Waals surface area (Å²) in [6.07, 6.45) is 2.33. The number of ether oxygens (including phenoxy) is 1. The van der Waals surface area contributed by atoms with Gasteiger partial charge in [-0.05, 0) is 43.9 Å². The molecule has 3 N–H and O–H groups in total. The smallest absolute Gasteiger partial charge is 0.314 e. The highest BCUT2D eigenvalue weighted by atomic mass is 16.5. The third-order valence-electron chi connectivity index (χ3n) is 3.00. The van der Waals surface area contributed by atoms with E-state index in [0.717, 1.165) is 18.6 Å². The number of aliphatic hydroxyl groups excluding tert-OH is 1. The molecular weight excluding hydrogens is 256 g/mol. The number of benzene rings is 1. The summed E-state index contributed by atoms with van der Waals surface area (Å²) in [5.41, 5.74) is 1.19. The molecule has 1 rings (SSSR count). The Bertz CT molecular complexity index is 410. The molecule has 5 nitrogen and oxygen atoms in total. The van der Waals surface area contributed by atoms with Crippen molar-refractivity contribution in [2.24, 2.45) is 0 Å². The second-order valence-electron chi connectivity index (χ2n) is 4.77. The maximum atomic E-state index is 11.5. The molecule has 5 heteroatoms. The average molecular weight is 280 g/mol. The van der Waals surface area contributed by atoms with E-state index in [4.69, 9.17) is 9.84 Å². The lowest BCUT2D eigenvalue weighted by Crippen LogP contribution is -2.41. The van der Waals surface area contributed by atoms with Gasteiger partial charge in [-0.25, -0.2) is 4.79 Å². The molecule has 0 saturated heterocycles. The lowest BCUT2D eigenvalue weighted by atomic mass is 10.1. The molecule has 20 heavy (non-hydrogen) atoms. The lowest BCUT2D eigenvalue weighted by Gasteiger charge is -2.13. The normalized spacial score (nSPS) is 11.8. The molecule has 0 fully saturated rings. The number of rotatable bonds is 8. The zero-order valence-corrected chi connectivity index (χ0v) is 12.2. The van der Waals surface area contributed by atoms with Crippen molar-refractivity contribution in [2.75, 3.05) is 20.3 Å². The third-order valence-corrected chi connectivity index (χ3v) is 3.00. The van der Waals surface area contributed by atoms with E-state index in [1.54, 1.807) is 7.11 Å². The van der Waals surface area contributed by atoms with Gasteiger partial charge >= 0.3 is 6.03 Å². The number of carbonyl (C=O) groups is 1. The zero-order valence-electron chi connectivity index (χ0n) is 12.2. The number of hydrogen-bond acceptors (Lipinski definition) is 3. The fourth-order valence-electron chi connectivity index (χ4n) is 1.86. The van der Waals surface area contributed by atoms with Crippen LogP contribution in [0.25, 0.3) is 0 Å². The quantitative estimate of drug-likeness (QED) is 0.635. The molecule has 0 radical (unpaired) electrons. The van der Waals surface area contributed by atoms with Gasteiger partial charge in [-0.15, -0.1) is 0 Å². The largest absolute Gasteiger partial charge is 0.497 e. The first-order valence-corrected chi connectivity index (χ1v) is 6.94. The summed E-state index contributed by atoms with van der Waals surface area (Å²) in [5, 5.41) is 14.3. The minimum Gasteiger partial charge on any atom is -0.497 e. The predicted octanol–water partition coefficient (Wildman–Crippen LogP) is 1.70. The summed E-state index contributed by atoms with van der Waals surface area (Å²) >= 11 is 0. The van der Waals surface area contributed by atoms with Gasteiger partial charge in [-0.3, -0.25) is 0 Å². The zero-order chi connectivity index (χ0) is 14.8. The van der Waals surface area contributed by atoms with Crippen molar-refractivity contribution in [2.45, 2.75) is 32.2 Å². The van der Waals surface area contributed by atoms with E-state index in [9.17, 15) is 4.79 Å². The highest BCUT2D eigenvalue weighted by molar-refractivity contribution is 5.74. The lowest BCUT2D eigenvalue weighted by molar-refractivity contribution is 0.231. The van der Waals surface area contributed by atoms with Crippen LogP contribution in [0.2, 0.25) is 0 Å². The number of urea groups is 1. The summed E-state index contributed by atoms with van der Waals surface area (Å²) in [5.74, 6) is 0.853. The number of hydrogen-bond donors (Lipinski definition) is 3. The van der Waals surface area contributed by atoms with Crippen LogP contribution < -0.4 is 15.4 Å². The van der Waals surface area contributed by atoms with E-state index < -0.39 is 0 Å². The topological polar surface area (TPSA) is 70.6 Å². The predicted molar refractivity (Wildman–Crippen MR) is 79.0 cm³/mol. The van der Waals surface area contributed by atoms with Crippen LogP contribution in [-0.4, -0.2) is 37.4 Å². The number of carbonyl (C=O) groups excluding carboxylic acids is 1. The highest BCUT2D eigenvalue weighted by Crippen LogP contribution is 2.13. The first-order valence-electron chi connectivity index (χ1n) is 6.94. The fraction of sp³-hybridized carbons (Fsp3) is 0.533. The molecule has 0 aliphatic heterocycles. The van der Waals surface area contributed by atoms with Crippen molar-refractivity contribution < 1.29 is 14.6 Å². The summed E-state index contributed by atoms with van der Waals surface area (Å²) in [6.45, 7) is 2.57. The second-order valence-corrected chi connectivity index (χ2v) is 4.77. The van der Waals surface area contributed by atoms with Crippen LogP contribution in [0, 0.1) is 0 Å². The Hall–Kier alpha value is -1.75. The van der Waals surface area contributed by atoms with Crippen molar-refractivity contribution in [3.05, 3.63) is 29.8 Å². The van der Waals surface area contributed by atoms with Gasteiger partial charge in [0.1, 0.15) is 5.75 Å². The number of nitrogens with one attached hydrogen (secondary N) is 2. The molecule has 112 valence electrons.